The molecule has 3 nitrogen and oxygen atoms in total. The molecule has 2 atom stereocenters. The minimum Gasteiger partial charge on any atom is -0.342 e. The van der Waals surface area contributed by atoms with Crippen molar-refractivity contribution in [3.05, 3.63) is 35.4 Å². The lowest BCUT2D eigenvalue weighted by Gasteiger charge is -2.35. The van der Waals surface area contributed by atoms with Crippen LogP contribution >= 0.6 is 12.4 Å². The predicted molar refractivity (Wildman–Crippen MR) is 83.0 cm³/mol. The molecule has 2 saturated heterocycles. The van der Waals surface area contributed by atoms with E-state index in [0.717, 1.165) is 31.0 Å². The lowest BCUT2D eigenvalue weighted by molar-refractivity contribution is -0.132. The number of hydrogen-bond donors (Lipinski definition) is 1. The number of nitrogens with zero attached hydrogens (tertiary/aromatic N) is 1. The molecule has 0 saturated carbocycles. The number of likely N-dealkylation sites (N-methyl/N-ethyl adjacent to an activating group) is 1. The van der Waals surface area contributed by atoms with Crippen molar-refractivity contribution < 1.29 is 13.6 Å². The van der Waals surface area contributed by atoms with Gasteiger partial charge in [-0.1, -0.05) is 0 Å². The van der Waals surface area contributed by atoms with Gasteiger partial charge >= 0.3 is 0 Å². The molecular weight excluding hydrogens is 310 g/mol. The summed E-state index contributed by atoms with van der Waals surface area (Å²) >= 11 is 0. The van der Waals surface area contributed by atoms with E-state index in [9.17, 15) is 13.6 Å². The van der Waals surface area contributed by atoms with Crippen molar-refractivity contribution in [3.8, 4) is 0 Å². The number of nitrogens with one attached hydrogen (secondary N) is 1. The Labute approximate surface area is 135 Å². The summed E-state index contributed by atoms with van der Waals surface area (Å²) in [4.78, 5) is 14.0. The highest BCUT2D eigenvalue weighted by Gasteiger charge is 2.36. The summed E-state index contributed by atoms with van der Waals surface area (Å²) in [5, 5.41) is 3.53. The molecule has 3 rings (SSSR count). The molecule has 22 heavy (non-hydrogen) atoms. The fraction of sp³-hybridized carbons (Fsp3) is 0.562. The van der Waals surface area contributed by atoms with Crippen molar-refractivity contribution in [2.45, 2.75) is 50.2 Å². The predicted octanol–water partition coefficient (Wildman–Crippen LogP) is 2.67. The average molecular weight is 331 g/mol. The molecular formula is C16H21ClF2N2O. The fourth-order valence-electron chi connectivity index (χ4n) is 3.51. The molecule has 2 fully saturated rings. The van der Waals surface area contributed by atoms with Crippen molar-refractivity contribution in [2.24, 2.45) is 0 Å². The van der Waals surface area contributed by atoms with Crippen LogP contribution in [-0.4, -0.2) is 36.0 Å². The van der Waals surface area contributed by atoms with Gasteiger partial charge in [0.25, 0.3) is 0 Å². The highest BCUT2D eigenvalue weighted by Crippen LogP contribution is 2.29. The van der Waals surface area contributed by atoms with E-state index in [-0.39, 0.29) is 36.3 Å². The van der Waals surface area contributed by atoms with Crippen molar-refractivity contribution in [3.63, 3.8) is 0 Å². The Bertz CT molecular complexity index is 543. The van der Waals surface area contributed by atoms with Crippen LogP contribution in [0.1, 0.15) is 31.2 Å². The lowest BCUT2D eigenvalue weighted by atomic mass is 9.98. The monoisotopic (exact) mass is 330 g/mol. The van der Waals surface area contributed by atoms with E-state index in [1.54, 1.807) is 11.9 Å². The normalized spacial score (nSPS) is 26.4. The largest absolute Gasteiger partial charge is 0.342 e. The zero-order chi connectivity index (χ0) is 15.0. The summed E-state index contributed by atoms with van der Waals surface area (Å²) in [5.41, 5.74) is 0.128. The van der Waals surface area contributed by atoms with Gasteiger partial charge < -0.3 is 10.2 Å². The van der Waals surface area contributed by atoms with Gasteiger partial charge in [-0.25, -0.2) is 8.78 Å². The SMILES string of the molecule is CN(C(=O)Cc1cc(F)ccc1F)C1CC2CCC(C1)N2.Cl. The summed E-state index contributed by atoms with van der Waals surface area (Å²) < 4.78 is 26.8. The first-order chi connectivity index (χ1) is 10.0. The molecule has 2 unspecified atom stereocenters. The highest BCUT2D eigenvalue weighted by molar-refractivity contribution is 5.85. The highest BCUT2D eigenvalue weighted by atomic mass is 35.5. The van der Waals surface area contributed by atoms with Crippen molar-refractivity contribution >= 4 is 18.3 Å². The van der Waals surface area contributed by atoms with Crippen LogP contribution in [-0.2, 0) is 11.2 Å². The number of carbonyl (C=O) groups is 1. The first kappa shape index (κ1) is 17.2. The van der Waals surface area contributed by atoms with E-state index in [1.807, 2.05) is 0 Å². The Kier molecular flexibility index (Phi) is 5.40. The second kappa shape index (κ2) is 6.92. The van der Waals surface area contributed by atoms with Gasteiger partial charge in [-0.05, 0) is 43.9 Å². The summed E-state index contributed by atoms with van der Waals surface area (Å²) in [7, 11) is 1.77. The van der Waals surface area contributed by atoms with Crippen LogP contribution in [0.3, 0.4) is 0 Å². The molecule has 0 radical (unpaired) electrons. The third kappa shape index (κ3) is 3.58. The number of rotatable bonds is 3. The molecule has 1 aromatic carbocycles. The molecule has 2 aliphatic heterocycles. The van der Waals surface area contributed by atoms with Crippen LogP contribution < -0.4 is 5.32 Å². The summed E-state index contributed by atoms with van der Waals surface area (Å²) in [6.45, 7) is 0. The van der Waals surface area contributed by atoms with Crippen LogP contribution in [0, 0.1) is 11.6 Å². The van der Waals surface area contributed by atoms with Crippen molar-refractivity contribution in [2.75, 3.05) is 7.05 Å². The second-order valence-corrected chi connectivity index (χ2v) is 6.18. The minimum absolute atomic E-state index is 0. The Morgan fingerprint density at radius 3 is 2.55 bits per heavy atom. The molecule has 2 heterocycles. The number of fused-ring (bicyclic) bond motifs is 2. The van der Waals surface area contributed by atoms with Gasteiger partial charge in [0.2, 0.25) is 5.91 Å². The van der Waals surface area contributed by atoms with Gasteiger partial charge in [0, 0.05) is 30.7 Å². The van der Waals surface area contributed by atoms with Crippen LogP contribution in [0.25, 0.3) is 0 Å². The maximum absolute atomic E-state index is 13.6. The Hall–Kier alpha value is -1.20. The zero-order valence-electron chi connectivity index (χ0n) is 12.5. The first-order valence-corrected chi connectivity index (χ1v) is 7.48. The van der Waals surface area contributed by atoms with Crippen molar-refractivity contribution in [1.82, 2.24) is 10.2 Å². The molecule has 6 heteroatoms. The molecule has 0 spiro atoms. The summed E-state index contributed by atoms with van der Waals surface area (Å²) in [6, 6.07) is 4.44. The average Bonchev–Trinajstić information content (AvgIpc) is 2.80. The number of amides is 1. The molecule has 0 aliphatic carbocycles. The molecule has 2 bridgehead atoms. The van der Waals surface area contributed by atoms with E-state index >= 15 is 0 Å². The molecule has 2 aliphatic rings. The molecule has 0 aromatic heterocycles. The van der Waals surface area contributed by atoms with E-state index in [4.69, 9.17) is 0 Å². The Morgan fingerprint density at radius 2 is 1.91 bits per heavy atom. The molecule has 122 valence electrons. The maximum atomic E-state index is 13.6. The quantitative estimate of drug-likeness (QED) is 0.924. The summed E-state index contributed by atoms with van der Waals surface area (Å²) in [5.74, 6) is -1.18. The fourth-order valence-corrected chi connectivity index (χ4v) is 3.51. The number of piperidine rings is 1. The van der Waals surface area contributed by atoms with Crippen LogP contribution in [0.15, 0.2) is 18.2 Å². The molecule has 1 amide bonds. The van der Waals surface area contributed by atoms with Gasteiger partial charge in [-0.15, -0.1) is 12.4 Å². The lowest BCUT2D eigenvalue weighted by Crippen LogP contribution is -2.49. The second-order valence-electron chi connectivity index (χ2n) is 6.18. The molecule has 1 aromatic rings. The Morgan fingerprint density at radius 1 is 1.27 bits per heavy atom. The van der Waals surface area contributed by atoms with E-state index in [2.05, 4.69) is 5.32 Å². The number of carbonyl (C=O) groups excluding carboxylic acids is 1. The van der Waals surface area contributed by atoms with E-state index < -0.39 is 11.6 Å². The molecule has 1 N–H and O–H groups in total. The topological polar surface area (TPSA) is 32.3 Å². The number of hydrogen-bond acceptors (Lipinski definition) is 2. The number of halogens is 3. The first-order valence-electron chi connectivity index (χ1n) is 7.48. The van der Waals surface area contributed by atoms with Crippen LogP contribution in [0.5, 0.6) is 0 Å². The van der Waals surface area contributed by atoms with E-state index in [1.165, 1.54) is 12.8 Å². The zero-order valence-corrected chi connectivity index (χ0v) is 13.3. The van der Waals surface area contributed by atoms with Gasteiger partial charge in [0.1, 0.15) is 11.6 Å². The van der Waals surface area contributed by atoms with Crippen LogP contribution in [0.4, 0.5) is 8.78 Å². The van der Waals surface area contributed by atoms with Gasteiger partial charge in [-0.3, -0.25) is 4.79 Å². The third-order valence-electron chi connectivity index (χ3n) is 4.74. The van der Waals surface area contributed by atoms with E-state index in [0.29, 0.717) is 12.1 Å². The Balaban J connectivity index is 0.00000176. The smallest absolute Gasteiger partial charge is 0.227 e. The number of benzene rings is 1. The maximum Gasteiger partial charge on any atom is 0.227 e. The van der Waals surface area contributed by atoms with Crippen LogP contribution in [0.2, 0.25) is 0 Å². The third-order valence-corrected chi connectivity index (χ3v) is 4.74. The van der Waals surface area contributed by atoms with Gasteiger partial charge in [-0.2, -0.15) is 0 Å². The van der Waals surface area contributed by atoms with Gasteiger partial charge in [0.05, 0.1) is 6.42 Å². The van der Waals surface area contributed by atoms with Gasteiger partial charge in [0.15, 0.2) is 0 Å². The minimum atomic E-state index is -0.525. The standard InChI is InChI=1S/C16H20F2N2O.ClH/c1-20(14-8-12-3-4-13(9-14)19-12)16(21)7-10-6-11(17)2-5-15(10)18;/h2,5-6,12-14,19H,3-4,7-9H2,1H3;1H. The summed E-state index contributed by atoms with van der Waals surface area (Å²) in [6.07, 6.45) is 4.15. The van der Waals surface area contributed by atoms with Crippen molar-refractivity contribution in [1.29, 1.82) is 0 Å².